The molecule has 8 heteroatoms. The van der Waals surface area contributed by atoms with Crippen molar-refractivity contribution in [2.24, 2.45) is 4.99 Å². The summed E-state index contributed by atoms with van der Waals surface area (Å²) in [7, 11) is 0. The molecule has 35 heavy (non-hydrogen) atoms. The first-order valence-electron chi connectivity index (χ1n) is 11.7. The van der Waals surface area contributed by atoms with Crippen LogP contribution in [0.1, 0.15) is 61.7 Å². The number of carbonyl (C=O) groups is 2. The van der Waals surface area contributed by atoms with Crippen LogP contribution in [0.5, 0.6) is 0 Å². The van der Waals surface area contributed by atoms with Gasteiger partial charge in [-0.15, -0.1) is 11.3 Å². The molecule has 5 rings (SSSR count). The quantitative estimate of drug-likeness (QED) is 0.411. The van der Waals surface area contributed by atoms with Crippen molar-refractivity contribution < 1.29 is 14.7 Å². The van der Waals surface area contributed by atoms with Crippen LogP contribution in [0.4, 0.5) is 5.69 Å². The molecule has 0 unspecified atom stereocenters. The summed E-state index contributed by atoms with van der Waals surface area (Å²) in [5.41, 5.74) is 7.25. The van der Waals surface area contributed by atoms with Gasteiger partial charge in [0.15, 0.2) is 5.17 Å². The minimum atomic E-state index is -0.871. The van der Waals surface area contributed by atoms with E-state index < -0.39 is 5.97 Å². The zero-order chi connectivity index (χ0) is 24.9. The molecule has 0 saturated carbocycles. The molecule has 3 aromatic rings. The van der Waals surface area contributed by atoms with Crippen LogP contribution < -0.4 is 5.32 Å². The highest BCUT2D eigenvalue weighted by Gasteiger charge is 2.29. The molecule has 2 aromatic heterocycles. The number of rotatable bonds is 4. The normalized spacial score (nSPS) is 17.8. The van der Waals surface area contributed by atoms with Crippen molar-refractivity contribution in [2.45, 2.75) is 53.4 Å². The zero-order valence-electron chi connectivity index (χ0n) is 20.2. The number of nitrogens with zero attached hydrogens (tertiary/aromatic N) is 2. The standard InChI is InChI=1S/C27H27N3O3S2/c1-14-9-10-20(15(2)11-14)28-27-29-24(31)22(35-27)13-18-12-16(3)30(17(18)4)25-23(26(32)33)19-7-5-6-8-21(19)34-25/h9-13H,5-8H2,1-4H3,(H,32,33)(H,28,29,31)/b22-13-. The summed E-state index contributed by atoms with van der Waals surface area (Å²) in [6.45, 7) is 8.01. The molecule has 0 spiro atoms. The van der Waals surface area contributed by atoms with Crippen LogP contribution in [0, 0.1) is 27.7 Å². The lowest BCUT2D eigenvalue weighted by Gasteiger charge is -2.11. The van der Waals surface area contributed by atoms with E-state index in [9.17, 15) is 14.7 Å². The maximum absolute atomic E-state index is 12.7. The molecular weight excluding hydrogens is 478 g/mol. The molecule has 0 atom stereocenters. The van der Waals surface area contributed by atoms with Gasteiger partial charge in [0.25, 0.3) is 5.91 Å². The highest BCUT2D eigenvalue weighted by Crippen LogP contribution is 2.39. The molecule has 1 saturated heterocycles. The summed E-state index contributed by atoms with van der Waals surface area (Å²) in [6.07, 6.45) is 5.77. The van der Waals surface area contributed by atoms with E-state index in [1.54, 1.807) is 11.3 Å². The molecule has 2 N–H and O–H groups in total. The summed E-state index contributed by atoms with van der Waals surface area (Å²) in [4.78, 5) is 31.3. The number of carbonyl (C=O) groups excluding carboxylic acids is 1. The Balaban J connectivity index is 1.50. The van der Waals surface area contributed by atoms with E-state index in [1.807, 2.05) is 56.5 Å². The largest absolute Gasteiger partial charge is 0.478 e. The highest BCUT2D eigenvalue weighted by atomic mass is 32.2. The van der Waals surface area contributed by atoms with Crippen molar-refractivity contribution in [3.8, 4) is 5.00 Å². The molecule has 1 aromatic carbocycles. The van der Waals surface area contributed by atoms with Crippen LogP contribution in [0.2, 0.25) is 0 Å². The predicted molar refractivity (Wildman–Crippen MR) is 143 cm³/mol. The van der Waals surface area contributed by atoms with Crippen LogP contribution in [-0.2, 0) is 17.6 Å². The van der Waals surface area contributed by atoms with Crippen molar-refractivity contribution >= 4 is 51.9 Å². The van der Waals surface area contributed by atoms with Gasteiger partial charge in [0, 0.05) is 16.3 Å². The molecule has 1 amide bonds. The van der Waals surface area contributed by atoms with Gasteiger partial charge in [-0.3, -0.25) is 4.79 Å². The van der Waals surface area contributed by atoms with E-state index in [-0.39, 0.29) is 5.91 Å². The van der Waals surface area contributed by atoms with E-state index in [4.69, 9.17) is 0 Å². The Morgan fingerprint density at radius 2 is 1.91 bits per heavy atom. The van der Waals surface area contributed by atoms with Gasteiger partial charge in [-0.25, -0.2) is 9.79 Å². The molecule has 3 heterocycles. The predicted octanol–water partition coefficient (Wildman–Crippen LogP) is 6.24. The molecular formula is C27H27N3O3S2. The topological polar surface area (TPSA) is 83.7 Å². The molecule has 1 fully saturated rings. The third kappa shape index (κ3) is 4.36. The van der Waals surface area contributed by atoms with Gasteiger partial charge in [0.1, 0.15) is 5.00 Å². The lowest BCUT2D eigenvalue weighted by molar-refractivity contribution is -0.115. The van der Waals surface area contributed by atoms with Gasteiger partial charge in [0.05, 0.1) is 16.2 Å². The molecule has 1 aliphatic heterocycles. The number of nitrogens with one attached hydrogen (secondary N) is 1. The number of aromatic nitrogens is 1. The lowest BCUT2D eigenvalue weighted by Crippen LogP contribution is -2.19. The van der Waals surface area contributed by atoms with Crippen LogP contribution in [0.15, 0.2) is 34.2 Å². The number of benzene rings is 1. The molecule has 2 aliphatic rings. The first-order valence-corrected chi connectivity index (χ1v) is 13.3. The van der Waals surface area contributed by atoms with Crippen LogP contribution in [-0.4, -0.2) is 26.7 Å². The van der Waals surface area contributed by atoms with Gasteiger partial charge in [-0.05, 0) is 100 Å². The van der Waals surface area contributed by atoms with E-state index in [0.29, 0.717) is 15.6 Å². The number of thioether (sulfide) groups is 1. The summed E-state index contributed by atoms with van der Waals surface area (Å²) in [5, 5.41) is 14.2. The fourth-order valence-corrected chi connectivity index (χ4v) is 7.16. The van der Waals surface area contributed by atoms with E-state index >= 15 is 0 Å². The maximum atomic E-state index is 12.7. The van der Waals surface area contributed by atoms with Crippen molar-refractivity contribution in [2.75, 3.05) is 0 Å². The fourth-order valence-electron chi connectivity index (χ4n) is 4.84. The fraction of sp³-hybridized carbons (Fsp3) is 0.296. The summed E-state index contributed by atoms with van der Waals surface area (Å²) in [6, 6.07) is 8.05. The average molecular weight is 506 g/mol. The Kier molecular flexibility index (Phi) is 6.19. The number of aliphatic imine (C=N–C) groups is 1. The first kappa shape index (κ1) is 23.6. The Hall–Kier alpha value is -3.10. The van der Waals surface area contributed by atoms with Gasteiger partial charge < -0.3 is 15.0 Å². The SMILES string of the molecule is Cc1ccc(N=C2NC(=O)/C(=C/c3cc(C)n(-c4sc5c(c4C(=O)O)CCCC5)c3C)S2)c(C)c1. The average Bonchev–Trinajstić information content (AvgIpc) is 3.43. The molecule has 0 bridgehead atoms. The second kappa shape index (κ2) is 9.17. The molecule has 6 nitrogen and oxygen atoms in total. The van der Waals surface area contributed by atoms with Crippen molar-refractivity contribution in [1.82, 2.24) is 9.88 Å². The highest BCUT2D eigenvalue weighted by molar-refractivity contribution is 8.18. The van der Waals surface area contributed by atoms with Crippen molar-refractivity contribution in [1.29, 1.82) is 0 Å². The third-order valence-corrected chi connectivity index (χ3v) is 8.74. The van der Waals surface area contributed by atoms with E-state index in [2.05, 4.69) is 16.4 Å². The van der Waals surface area contributed by atoms with Gasteiger partial charge in [0.2, 0.25) is 0 Å². The first-order chi connectivity index (χ1) is 16.7. The minimum Gasteiger partial charge on any atom is -0.478 e. The lowest BCUT2D eigenvalue weighted by atomic mass is 9.95. The number of thiophene rings is 1. The third-order valence-electron chi connectivity index (χ3n) is 6.55. The number of carboxylic acids is 1. The van der Waals surface area contributed by atoms with Gasteiger partial charge >= 0.3 is 5.97 Å². The number of fused-ring (bicyclic) bond motifs is 1. The van der Waals surface area contributed by atoms with E-state index in [1.165, 1.54) is 22.2 Å². The number of aryl methyl sites for hydroxylation is 4. The maximum Gasteiger partial charge on any atom is 0.339 e. The number of amidine groups is 1. The monoisotopic (exact) mass is 505 g/mol. The minimum absolute atomic E-state index is 0.180. The number of hydrogen-bond acceptors (Lipinski definition) is 5. The second-order valence-corrected chi connectivity index (χ2v) is 11.2. The van der Waals surface area contributed by atoms with Crippen LogP contribution in [0.3, 0.4) is 0 Å². The second-order valence-electron chi connectivity index (χ2n) is 9.13. The number of carboxylic acid groups (broad SMARTS) is 1. The van der Waals surface area contributed by atoms with Crippen LogP contribution in [0.25, 0.3) is 11.1 Å². The summed E-state index contributed by atoms with van der Waals surface area (Å²) >= 11 is 2.91. The van der Waals surface area contributed by atoms with Gasteiger partial charge in [-0.2, -0.15) is 0 Å². The number of aromatic carboxylic acids is 1. The van der Waals surface area contributed by atoms with E-state index in [0.717, 1.165) is 64.4 Å². The number of amides is 1. The van der Waals surface area contributed by atoms with Crippen LogP contribution >= 0.6 is 23.1 Å². The molecule has 0 radical (unpaired) electrons. The summed E-state index contributed by atoms with van der Waals surface area (Å²) in [5.74, 6) is -1.05. The van der Waals surface area contributed by atoms with Crippen molar-refractivity contribution in [3.63, 3.8) is 0 Å². The van der Waals surface area contributed by atoms with Crippen molar-refractivity contribution in [3.05, 3.63) is 73.3 Å². The Labute approximate surface area is 212 Å². The molecule has 180 valence electrons. The zero-order valence-corrected chi connectivity index (χ0v) is 21.8. The summed E-state index contributed by atoms with van der Waals surface area (Å²) < 4.78 is 2.03. The Bertz CT molecular complexity index is 1440. The smallest absolute Gasteiger partial charge is 0.339 e. The molecule has 1 aliphatic carbocycles. The Morgan fingerprint density at radius 1 is 1.14 bits per heavy atom. The Morgan fingerprint density at radius 3 is 2.66 bits per heavy atom. The number of hydrogen-bond donors (Lipinski definition) is 2. The van der Waals surface area contributed by atoms with Gasteiger partial charge in [-0.1, -0.05) is 17.7 Å².